The Kier molecular flexibility index (Phi) is 4.61. The number of methoxy groups -OCH3 is 1. The second-order valence-electron chi connectivity index (χ2n) is 6.76. The molecule has 3 N–H and O–H groups in total. The number of fused-ring (bicyclic) bond motifs is 1. The molecule has 2 aliphatic heterocycles. The number of hydrogen-bond donors (Lipinski definition) is 3. The van der Waals surface area contributed by atoms with Crippen LogP contribution in [0.5, 0.6) is 23.0 Å². The Morgan fingerprint density at radius 3 is 2.62 bits per heavy atom. The normalized spacial score (nSPS) is 24.9. The average Bonchev–Trinajstić information content (AvgIpc) is 2.88. The molecule has 6 heteroatoms. The second-order valence-corrected chi connectivity index (χ2v) is 6.76. The minimum absolute atomic E-state index is 0.0688. The molecule has 0 radical (unpaired) electrons. The maximum absolute atomic E-state index is 10.5. The van der Waals surface area contributed by atoms with Gasteiger partial charge >= 0.3 is 0 Å². The Bertz CT molecular complexity index is 795. The van der Waals surface area contributed by atoms with Gasteiger partial charge in [-0.25, -0.2) is 5.43 Å². The molecule has 0 aliphatic carbocycles. The summed E-state index contributed by atoms with van der Waals surface area (Å²) in [4.78, 5) is 0. The van der Waals surface area contributed by atoms with Crippen molar-refractivity contribution in [2.45, 2.75) is 31.3 Å². The molecule has 2 heterocycles. The van der Waals surface area contributed by atoms with Crippen LogP contribution in [0.2, 0.25) is 0 Å². The molecule has 1 saturated heterocycles. The molecule has 0 spiro atoms. The van der Waals surface area contributed by atoms with E-state index in [0.717, 1.165) is 29.0 Å². The number of nitrogens with one attached hydrogen (secondary N) is 2. The van der Waals surface area contributed by atoms with Crippen molar-refractivity contribution in [1.82, 2.24) is 10.9 Å². The van der Waals surface area contributed by atoms with Crippen LogP contribution in [0, 0.1) is 0 Å². The summed E-state index contributed by atoms with van der Waals surface area (Å²) in [5, 5.41) is 10.5. The first-order valence-corrected chi connectivity index (χ1v) is 8.95. The molecule has 0 saturated carbocycles. The third-order valence-electron chi connectivity index (χ3n) is 5.09. The lowest BCUT2D eigenvalue weighted by atomic mass is 9.84. The van der Waals surface area contributed by atoms with E-state index in [1.807, 2.05) is 18.2 Å². The van der Waals surface area contributed by atoms with Gasteiger partial charge in [-0.3, -0.25) is 5.43 Å². The molecule has 2 aromatic carbocycles. The molecule has 4 rings (SSSR count). The molecule has 2 aliphatic rings. The predicted octanol–water partition coefficient (Wildman–Crippen LogP) is 2.88. The van der Waals surface area contributed by atoms with E-state index in [1.165, 1.54) is 0 Å². The quantitative estimate of drug-likeness (QED) is 0.785. The number of aromatic hydroxyl groups is 1. The van der Waals surface area contributed by atoms with E-state index in [-0.39, 0.29) is 23.8 Å². The van der Waals surface area contributed by atoms with E-state index in [4.69, 9.17) is 14.2 Å². The maximum Gasteiger partial charge on any atom is 0.161 e. The number of phenols is 1. The van der Waals surface area contributed by atoms with Crippen LogP contribution >= 0.6 is 0 Å². The smallest absolute Gasteiger partial charge is 0.161 e. The van der Waals surface area contributed by atoms with Crippen LogP contribution in [-0.2, 0) is 0 Å². The lowest BCUT2D eigenvalue weighted by Gasteiger charge is -2.23. The van der Waals surface area contributed by atoms with Crippen molar-refractivity contribution in [2.24, 2.45) is 0 Å². The fourth-order valence-electron chi connectivity index (χ4n) is 3.74. The van der Waals surface area contributed by atoms with Crippen LogP contribution in [-0.4, -0.2) is 31.5 Å². The highest BCUT2D eigenvalue weighted by molar-refractivity contribution is 5.48. The van der Waals surface area contributed by atoms with Crippen LogP contribution in [0.4, 0.5) is 0 Å². The Morgan fingerprint density at radius 2 is 1.85 bits per heavy atom. The number of ether oxygens (including phenoxy) is 3. The van der Waals surface area contributed by atoms with Crippen molar-refractivity contribution >= 4 is 0 Å². The minimum Gasteiger partial charge on any atom is -0.507 e. The zero-order chi connectivity index (χ0) is 18.1. The zero-order valence-electron chi connectivity index (χ0n) is 15.0. The van der Waals surface area contributed by atoms with E-state index in [0.29, 0.717) is 19.0 Å². The molecular weight excluding hydrogens is 332 g/mol. The van der Waals surface area contributed by atoms with Gasteiger partial charge in [0.1, 0.15) is 11.5 Å². The second kappa shape index (κ2) is 7.05. The SMILES string of the molecule is COc1ccc(C2NNC(C)C2c2ccc3c(c2)OCCCO3)c(O)c1. The van der Waals surface area contributed by atoms with Crippen molar-refractivity contribution in [3.8, 4) is 23.0 Å². The molecule has 0 bridgehead atoms. The van der Waals surface area contributed by atoms with Crippen molar-refractivity contribution in [3.05, 3.63) is 47.5 Å². The third kappa shape index (κ3) is 3.06. The molecule has 3 atom stereocenters. The van der Waals surface area contributed by atoms with Crippen molar-refractivity contribution < 1.29 is 19.3 Å². The molecule has 1 fully saturated rings. The van der Waals surface area contributed by atoms with E-state index >= 15 is 0 Å². The van der Waals surface area contributed by atoms with Crippen LogP contribution in [0.15, 0.2) is 36.4 Å². The van der Waals surface area contributed by atoms with Gasteiger partial charge in [-0.05, 0) is 30.7 Å². The highest BCUT2D eigenvalue weighted by Crippen LogP contribution is 2.43. The van der Waals surface area contributed by atoms with Crippen LogP contribution < -0.4 is 25.1 Å². The van der Waals surface area contributed by atoms with Crippen molar-refractivity contribution in [1.29, 1.82) is 0 Å². The summed E-state index contributed by atoms with van der Waals surface area (Å²) in [5.74, 6) is 2.57. The topological polar surface area (TPSA) is 72.0 Å². The third-order valence-corrected chi connectivity index (χ3v) is 5.09. The molecule has 138 valence electrons. The Labute approximate surface area is 153 Å². The largest absolute Gasteiger partial charge is 0.507 e. The first kappa shape index (κ1) is 17.0. The first-order valence-electron chi connectivity index (χ1n) is 8.95. The summed E-state index contributed by atoms with van der Waals surface area (Å²) in [7, 11) is 1.59. The summed E-state index contributed by atoms with van der Waals surface area (Å²) in [6, 6.07) is 11.6. The van der Waals surface area contributed by atoms with Crippen LogP contribution in [0.25, 0.3) is 0 Å². The van der Waals surface area contributed by atoms with Gasteiger partial charge in [0.05, 0.1) is 26.4 Å². The zero-order valence-corrected chi connectivity index (χ0v) is 15.0. The summed E-state index contributed by atoms with van der Waals surface area (Å²) < 4.78 is 16.8. The lowest BCUT2D eigenvalue weighted by molar-refractivity contribution is 0.297. The lowest BCUT2D eigenvalue weighted by Crippen LogP contribution is -2.29. The van der Waals surface area contributed by atoms with Gasteiger partial charge in [-0.15, -0.1) is 0 Å². The highest BCUT2D eigenvalue weighted by Gasteiger charge is 2.37. The van der Waals surface area contributed by atoms with Gasteiger partial charge in [-0.1, -0.05) is 12.1 Å². The van der Waals surface area contributed by atoms with E-state index in [1.54, 1.807) is 13.2 Å². The molecular formula is C20H24N2O4. The molecule has 2 aromatic rings. The first-order chi connectivity index (χ1) is 12.7. The molecule has 3 unspecified atom stereocenters. The van der Waals surface area contributed by atoms with Gasteiger partial charge in [0.25, 0.3) is 0 Å². The van der Waals surface area contributed by atoms with E-state index in [9.17, 15) is 5.11 Å². The van der Waals surface area contributed by atoms with E-state index < -0.39 is 0 Å². The summed E-state index contributed by atoms with van der Waals surface area (Å²) in [6.45, 7) is 3.47. The van der Waals surface area contributed by atoms with Crippen molar-refractivity contribution in [3.63, 3.8) is 0 Å². The van der Waals surface area contributed by atoms with Gasteiger partial charge in [-0.2, -0.15) is 0 Å². The Balaban J connectivity index is 1.69. The molecule has 6 nitrogen and oxygen atoms in total. The fraction of sp³-hybridized carbons (Fsp3) is 0.400. The number of rotatable bonds is 3. The fourth-order valence-corrected chi connectivity index (χ4v) is 3.74. The van der Waals surface area contributed by atoms with Gasteiger partial charge in [0, 0.05) is 30.0 Å². The predicted molar refractivity (Wildman–Crippen MR) is 97.9 cm³/mol. The standard InChI is InChI=1S/C20H24N2O4/c1-12-19(13-4-7-17-18(10-13)26-9-3-8-25-17)20(22-21-12)15-6-5-14(24-2)11-16(15)23/h4-7,10-12,19-23H,3,8-9H2,1-2H3. The number of hydrazine groups is 1. The maximum atomic E-state index is 10.5. The molecule has 0 amide bonds. The summed E-state index contributed by atoms with van der Waals surface area (Å²) in [5.41, 5.74) is 8.59. The average molecular weight is 356 g/mol. The summed E-state index contributed by atoms with van der Waals surface area (Å²) in [6.07, 6.45) is 0.884. The molecule has 26 heavy (non-hydrogen) atoms. The van der Waals surface area contributed by atoms with E-state index in [2.05, 4.69) is 29.9 Å². The summed E-state index contributed by atoms with van der Waals surface area (Å²) >= 11 is 0. The van der Waals surface area contributed by atoms with Crippen LogP contribution in [0.3, 0.4) is 0 Å². The Morgan fingerprint density at radius 1 is 1.04 bits per heavy atom. The Hall–Kier alpha value is -2.44. The van der Waals surface area contributed by atoms with Crippen LogP contribution in [0.1, 0.15) is 36.4 Å². The number of benzene rings is 2. The highest BCUT2D eigenvalue weighted by atomic mass is 16.5. The van der Waals surface area contributed by atoms with Gasteiger partial charge < -0.3 is 19.3 Å². The molecule has 0 aromatic heterocycles. The minimum atomic E-state index is -0.0688. The number of phenolic OH excluding ortho intramolecular Hbond substituents is 1. The number of hydrogen-bond acceptors (Lipinski definition) is 6. The monoisotopic (exact) mass is 356 g/mol. The van der Waals surface area contributed by atoms with Gasteiger partial charge in [0.15, 0.2) is 11.5 Å². The van der Waals surface area contributed by atoms with Gasteiger partial charge in [0.2, 0.25) is 0 Å². The van der Waals surface area contributed by atoms with Crippen molar-refractivity contribution in [2.75, 3.05) is 20.3 Å².